The number of rotatable bonds is 5. The molecule has 0 aliphatic heterocycles. The van der Waals surface area contributed by atoms with Crippen molar-refractivity contribution in [3.05, 3.63) is 65.9 Å². The summed E-state index contributed by atoms with van der Waals surface area (Å²) < 4.78 is 0. The van der Waals surface area contributed by atoms with Crippen molar-refractivity contribution >= 4 is 22.9 Å². The molecule has 0 aliphatic carbocycles. The van der Waals surface area contributed by atoms with Gasteiger partial charge in [0.1, 0.15) is 5.01 Å². The van der Waals surface area contributed by atoms with Crippen molar-refractivity contribution in [2.45, 2.75) is 12.8 Å². The van der Waals surface area contributed by atoms with E-state index >= 15 is 0 Å². The number of aromatic nitrogens is 2. The van der Waals surface area contributed by atoms with Gasteiger partial charge in [-0.15, -0.1) is 11.3 Å². The number of nitrogens with zero attached hydrogens (tertiary/aromatic N) is 2. The van der Waals surface area contributed by atoms with Gasteiger partial charge in [-0.05, 0) is 30.7 Å². The molecular formula is C17H15N3OS. The van der Waals surface area contributed by atoms with Gasteiger partial charge in [0.25, 0.3) is 0 Å². The van der Waals surface area contributed by atoms with Gasteiger partial charge in [0, 0.05) is 35.4 Å². The number of amides is 1. The van der Waals surface area contributed by atoms with E-state index in [9.17, 15) is 4.79 Å². The molecule has 3 rings (SSSR count). The van der Waals surface area contributed by atoms with Crippen molar-refractivity contribution in [2.75, 3.05) is 5.32 Å². The van der Waals surface area contributed by atoms with Crippen LogP contribution in [-0.4, -0.2) is 15.9 Å². The van der Waals surface area contributed by atoms with Crippen molar-refractivity contribution in [2.24, 2.45) is 0 Å². The number of carbonyl (C=O) groups excluding carboxylic acids is 1. The van der Waals surface area contributed by atoms with Crippen molar-refractivity contribution in [3.63, 3.8) is 0 Å². The second kappa shape index (κ2) is 6.95. The van der Waals surface area contributed by atoms with E-state index in [1.165, 1.54) is 0 Å². The zero-order valence-electron chi connectivity index (χ0n) is 11.9. The van der Waals surface area contributed by atoms with Gasteiger partial charge >= 0.3 is 0 Å². The molecular weight excluding hydrogens is 294 g/mol. The predicted octanol–water partition coefficient (Wildman–Crippen LogP) is 3.78. The summed E-state index contributed by atoms with van der Waals surface area (Å²) in [5.41, 5.74) is 2.82. The molecule has 1 N–H and O–H groups in total. The number of hydrogen-bond acceptors (Lipinski definition) is 4. The normalized spacial score (nSPS) is 10.4. The largest absolute Gasteiger partial charge is 0.326 e. The molecule has 1 aromatic carbocycles. The molecule has 4 nitrogen and oxygen atoms in total. The molecule has 0 unspecified atom stereocenters. The van der Waals surface area contributed by atoms with Crippen LogP contribution in [0.3, 0.4) is 0 Å². The first-order valence-electron chi connectivity index (χ1n) is 7.01. The fourth-order valence-electron chi connectivity index (χ4n) is 2.04. The summed E-state index contributed by atoms with van der Waals surface area (Å²) >= 11 is 1.59. The van der Waals surface area contributed by atoms with Crippen LogP contribution in [0.2, 0.25) is 0 Å². The van der Waals surface area contributed by atoms with Crippen LogP contribution in [0.25, 0.3) is 10.6 Å². The Bertz CT molecular complexity index is 741. The lowest BCUT2D eigenvalue weighted by molar-refractivity contribution is -0.116. The Balaban J connectivity index is 1.56. The highest BCUT2D eigenvalue weighted by Gasteiger charge is 2.07. The first kappa shape index (κ1) is 14.4. The fourth-order valence-corrected chi connectivity index (χ4v) is 2.90. The maximum absolute atomic E-state index is 11.9. The third-order valence-electron chi connectivity index (χ3n) is 3.14. The third kappa shape index (κ3) is 3.77. The first-order valence-corrected chi connectivity index (χ1v) is 7.89. The van der Waals surface area contributed by atoms with E-state index in [-0.39, 0.29) is 5.91 Å². The monoisotopic (exact) mass is 309 g/mol. The van der Waals surface area contributed by atoms with Crippen molar-refractivity contribution in [1.29, 1.82) is 0 Å². The van der Waals surface area contributed by atoms with Gasteiger partial charge in [-0.25, -0.2) is 4.98 Å². The number of para-hydroxylation sites is 1. The van der Waals surface area contributed by atoms with Crippen molar-refractivity contribution in [3.8, 4) is 10.6 Å². The quantitative estimate of drug-likeness (QED) is 0.780. The number of benzene rings is 1. The van der Waals surface area contributed by atoms with E-state index in [1.807, 2.05) is 47.8 Å². The third-order valence-corrected chi connectivity index (χ3v) is 4.08. The first-order chi connectivity index (χ1) is 10.8. The number of nitrogens with one attached hydrogen (secondary N) is 1. The maximum Gasteiger partial charge on any atom is 0.224 e. The molecule has 110 valence electrons. The fraction of sp³-hybridized carbons (Fsp3) is 0.118. The topological polar surface area (TPSA) is 54.9 Å². The number of hydrogen-bond donors (Lipinski definition) is 1. The van der Waals surface area contributed by atoms with Crippen molar-refractivity contribution < 1.29 is 4.79 Å². The summed E-state index contributed by atoms with van der Waals surface area (Å²) in [4.78, 5) is 20.5. The molecule has 3 aromatic rings. The molecule has 22 heavy (non-hydrogen) atoms. The number of aryl methyl sites for hydroxylation is 1. The van der Waals surface area contributed by atoms with Crippen LogP contribution in [-0.2, 0) is 11.2 Å². The Labute approximate surface area is 132 Å². The van der Waals surface area contributed by atoms with Crippen LogP contribution in [0.4, 0.5) is 5.69 Å². The molecule has 2 heterocycles. The molecule has 5 heteroatoms. The zero-order valence-corrected chi connectivity index (χ0v) is 12.7. The summed E-state index contributed by atoms with van der Waals surface area (Å²) in [7, 11) is 0. The highest BCUT2D eigenvalue weighted by atomic mass is 32.1. The van der Waals surface area contributed by atoms with Crippen LogP contribution >= 0.6 is 11.3 Å². The standard InChI is InChI=1S/C17H15N3OS/c21-16(19-14-4-2-1-3-5-14)7-6-15-12-22-17(20-15)13-8-10-18-11-9-13/h1-5,8-12H,6-7H2,(H,19,21). The van der Waals surface area contributed by atoms with Gasteiger partial charge in [0.2, 0.25) is 5.91 Å². The van der Waals surface area contributed by atoms with Gasteiger partial charge in [0.15, 0.2) is 0 Å². The van der Waals surface area contributed by atoms with Gasteiger partial charge < -0.3 is 5.32 Å². The Hall–Kier alpha value is -2.53. The molecule has 0 radical (unpaired) electrons. The van der Waals surface area contributed by atoms with Crippen LogP contribution < -0.4 is 5.32 Å². The second-order valence-electron chi connectivity index (χ2n) is 4.79. The van der Waals surface area contributed by atoms with Crippen LogP contribution in [0.15, 0.2) is 60.2 Å². The molecule has 2 aromatic heterocycles. The van der Waals surface area contributed by atoms with Crippen LogP contribution in [0.5, 0.6) is 0 Å². The lowest BCUT2D eigenvalue weighted by Gasteiger charge is -2.03. The van der Waals surface area contributed by atoms with E-state index in [0.717, 1.165) is 22.0 Å². The molecule has 0 saturated heterocycles. The summed E-state index contributed by atoms with van der Waals surface area (Å²) in [5.74, 6) is 0.00432. The molecule has 0 aliphatic rings. The number of thiazole rings is 1. The summed E-state index contributed by atoms with van der Waals surface area (Å²) in [6.45, 7) is 0. The number of carbonyl (C=O) groups is 1. The minimum atomic E-state index is 0.00432. The Morgan fingerprint density at radius 1 is 1.09 bits per heavy atom. The summed E-state index contributed by atoms with van der Waals surface area (Å²) in [6, 6.07) is 13.3. The predicted molar refractivity (Wildman–Crippen MR) is 88.7 cm³/mol. The summed E-state index contributed by atoms with van der Waals surface area (Å²) in [5, 5.41) is 5.84. The van der Waals surface area contributed by atoms with Gasteiger partial charge in [0.05, 0.1) is 5.69 Å². The molecule has 0 atom stereocenters. The summed E-state index contributed by atoms with van der Waals surface area (Å²) in [6.07, 6.45) is 4.57. The zero-order chi connectivity index (χ0) is 15.2. The lowest BCUT2D eigenvalue weighted by Crippen LogP contribution is -2.12. The second-order valence-corrected chi connectivity index (χ2v) is 5.65. The average molecular weight is 309 g/mol. The molecule has 1 amide bonds. The lowest BCUT2D eigenvalue weighted by atomic mass is 10.2. The number of pyridine rings is 1. The molecule has 0 saturated carbocycles. The number of anilines is 1. The van der Waals surface area contributed by atoms with E-state index in [4.69, 9.17) is 0 Å². The van der Waals surface area contributed by atoms with Crippen LogP contribution in [0, 0.1) is 0 Å². The Kier molecular flexibility index (Phi) is 4.56. The van der Waals surface area contributed by atoms with E-state index in [0.29, 0.717) is 12.8 Å². The Morgan fingerprint density at radius 3 is 2.64 bits per heavy atom. The van der Waals surface area contributed by atoms with Gasteiger partial charge in [-0.2, -0.15) is 0 Å². The maximum atomic E-state index is 11.9. The highest BCUT2D eigenvalue weighted by Crippen LogP contribution is 2.23. The minimum absolute atomic E-state index is 0.00432. The highest BCUT2D eigenvalue weighted by molar-refractivity contribution is 7.13. The van der Waals surface area contributed by atoms with Crippen LogP contribution in [0.1, 0.15) is 12.1 Å². The van der Waals surface area contributed by atoms with Gasteiger partial charge in [-0.1, -0.05) is 18.2 Å². The van der Waals surface area contributed by atoms with Crippen molar-refractivity contribution in [1.82, 2.24) is 9.97 Å². The Morgan fingerprint density at radius 2 is 1.86 bits per heavy atom. The minimum Gasteiger partial charge on any atom is -0.326 e. The van der Waals surface area contributed by atoms with E-state index in [1.54, 1.807) is 23.7 Å². The SMILES string of the molecule is O=C(CCc1csc(-c2ccncc2)n1)Nc1ccccc1. The van der Waals surface area contributed by atoms with Gasteiger partial charge in [-0.3, -0.25) is 9.78 Å². The smallest absolute Gasteiger partial charge is 0.224 e. The van der Waals surface area contributed by atoms with E-state index in [2.05, 4.69) is 15.3 Å². The molecule has 0 spiro atoms. The average Bonchev–Trinajstić information content (AvgIpc) is 3.04. The molecule has 0 fully saturated rings. The van der Waals surface area contributed by atoms with E-state index < -0.39 is 0 Å². The molecule has 0 bridgehead atoms.